The first-order valence-electron chi connectivity index (χ1n) is 7.76. The van der Waals surface area contributed by atoms with Gasteiger partial charge in [-0.05, 0) is 30.5 Å². The Labute approximate surface area is 135 Å². The van der Waals surface area contributed by atoms with Crippen LogP contribution in [0.3, 0.4) is 0 Å². The van der Waals surface area contributed by atoms with Crippen molar-refractivity contribution < 1.29 is 19.1 Å². The first kappa shape index (κ1) is 17.0. The zero-order valence-electron chi connectivity index (χ0n) is 13.7. The number of rotatable bonds is 4. The molecule has 6 heteroatoms. The van der Waals surface area contributed by atoms with Gasteiger partial charge < -0.3 is 15.0 Å². The van der Waals surface area contributed by atoms with Crippen molar-refractivity contribution in [2.24, 2.45) is 5.92 Å². The van der Waals surface area contributed by atoms with E-state index in [0.717, 1.165) is 24.1 Å². The van der Waals surface area contributed by atoms with E-state index in [-0.39, 0.29) is 18.4 Å². The maximum absolute atomic E-state index is 12.4. The van der Waals surface area contributed by atoms with Gasteiger partial charge in [-0.3, -0.25) is 14.4 Å². The van der Waals surface area contributed by atoms with E-state index in [2.05, 4.69) is 10.1 Å². The molecule has 1 heterocycles. The number of esters is 1. The fourth-order valence-electron chi connectivity index (χ4n) is 2.56. The van der Waals surface area contributed by atoms with Gasteiger partial charge in [-0.1, -0.05) is 19.9 Å². The Balaban J connectivity index is 2.16. The fourth-order valence-corrected chi connectivity index (χ4v) is 2.56. The summed E-state index contributed by atoms with van der Waals surface area (Å²) in [6, 6.07) is 5.53. The predicted octanol–water partition coefficient (Wildman–Crippen LogP) is 2.12. The number of hydrogen-bond acceptors (Lipinski definition) is 4. The Kier molecular flexibility index (Phi) is 5.36. The first-order valence-corrected chi connectivity index (χ1v) is 7.76. The van der Waals surface area contributed by atoms with Crippen LogP contribution in [-0.2, 0) is 25.5 Å². The molecular formula is C17H22N2O4. The number of ether oxygens (including phenoxy) is 1. The Morgan fingerprint density at radius 3 is 2.70 bits per heavy atom. The molecule has 23 heavy (non-hydrogen) atoms. The second-order valence-electron chi connectivity index (χ2n) is 5.92. The molecule has 1 aromatic carbocycles. The molecule has 2 rings (SSSR count). The third-order valence-corrected chi connectivity index (χ3v) is 3.65. The van der Waals surface area contributed by atoms with Crippen LogP contribution in [0.15, 0.2) is 18.2 Å². The van der Waals surface area contributed by atoms with Gasteiger partial charge in [-0.15, -0.1) is 0 Å². The number of aryl methyl sites for hydroxylation is 1. The highest BCUT2D eigenvalue weighted by atomic mass is 16.5. The van der Waals surface area contributed by atoms with Crippen molar-refractivity contribution in [2.45, 2.75) is 33.6 Å². The molecule has 1 aromatic rings. The average Bonchev–Trinajstić information content (AvgIpc) is 2.51. The molecule has 2 amide bonds. The molecule has 0 radical (unpaired) electrons. The highest BCUT2D eigenvalue weighted by Gasteiger charge is 2.24. The Morgan fingerprint density at radius 1 is 1.30 bits per heavy atom. The first-order chi connectivity index (χ1) is 10.9. The van der Waals surface area contributed by atoms with Crippen molar-refractivity contribution >= 4 is 29.2 Å². The lowest BCUT2D eigenvalue weighted by Gasteiger charge is -2.31. The number of fused-ring (bicyclic) bond motifs is 1. The molecular weight excluding hydrogens is 296 g/mol. The van der Waals surface area contributed by atoms with E-state index in [4.69, 9.17) is 0 Å². The summed E-state index contributed by atoms with van der Waals surface area (Å²) in [6.45, 7) is 5.38. The maximum Gasteiger partial charge on any atom is 0.303 e. The lowest BCUT2D eigenvalue weighted by atomic mass is 9.99. The molecule has 0 bridgehead atoms. The van der Waals surface area contributed by atoms with Gasteiger partial charge in [0.15, 0.2) is 6.61 Å². The minimum atomic E-state index is -0.501. The number of anilines is 2. The highest BCUT2D eigenvalue weighted by Crippen LogP contribution is 2.31. The van der Waals surface area contributed by atoms with Crippen molar-refractivity contribution in [3.63, 3.8) is 0 Å². The summed E-state index contributed by atoms with van der Waals surface area (Å²) in [6.07, 6.45) is 1.85. The van der Waals surface area contributed by atoms with Crippen LogP contribution in [0.25, 0.3) is 0 Å². The largest absolute Gasteiger partial charge is 0.456 e. The predicted molar refractivity (Wildman–Crippen MR) is 87.2 cm³/mol. The molecule has 1 aliphatic rings. The highest BCUT2D eigenvalue weighted by molar-refractivity contribution is 5.98. The smallest absolute Gasteiger partial charge is 0.303 e. The summed E-state index contributed by atoms with van der Waals surface area (Å²) in [5.74, 6) is -0.908. The molecule has 0 spiro atoms. The second kappa shape index (κ2) is 7.26. The van der Waals surface area contributed by atoms with Crippen molar-refractivity contribution in [2.75, 3.05) is 23.4 Å². The normalized spacial score (nSPS) is 13.5. The van der Waals surface area contributed by atoms with Crippen molar-refractivity contribution in [1.29, 1.82) is 0 Å². The summed E-state index contributed by atoms with van der Waals surface area (Å²) >= 11 is 0. The van der Waals surface area contributed by atoms with Gasteiger partial charge in [0.1, 0.15) is 0 Å². The SMILES string of the molecule is CC(=O)OCC(=O)Nc1ccc2c(c1)N(C(=O)C(C)C)CCC2. The minimum absolute atomic E-state index is 0.0781. The lowest BCUT2D eigenvalue weighted by Crippen LogP contribution is -2.38. The molecule has 0 aliphatic carbocycles. The average molecular weight is 318 g/mol. The number of nitrogens with one attached hydrogen (secondary N) is 1. The van der Waals surface area contributed by atoms with Crippen LogP contribution in [0.1, 0.15) is 32.8 Å². The van der Waals surface area contributed by atoms with E-state index in [0.29, 0.717) is 12.2 Å². The van der Waals surface area contributed by atoms with E-state index in [1.54, 1.807) is 17.0 Å². The second-order valence-corrected chi connectivity index (χ2v) is 5.92. The van der Waals surface area contributed by atoms with Crippen LogP contribution in [-0.4, -0.2) is 30.9 Å². The number of hydrogen-bond donors (Lipinski definition) is 1. The van der Waals surface area contributed by atoms with E-state index in [1.165, 1.54) is 6.92 Å². The van der Waals surface area contributed by atoms with Gasteiger partial charge in [0.2, 0.25) is 5.91 Å². The molecule has 0 aromatic heterocycles. The third kappa shape index (κ3) is 4.31. The van der Waals surface area contributed by atoms with Crippen molar-refractivity contribution in [1.82, 2.24) is 0 Å². The van der Waals surface area contributed by atoms with Gasteiger partial charge in [0, 0.05) is 30.8 Å². The van der Waals surface area contributed by atoms with E-state index in [1.807, 2.05) is 19.9 Å². The van der Waals surface area contributed by atoms with Crippen LogP contribution in [0.5, 0.6) is 0 Å². The Bertz CT molecular complexity index is 625. The quantitative estimate of drug-likeness (QED) is 0.863. The van der Waals surface area contributed by atoms with Crippen LogP contribution >= 0.6 is 0 Å². The van der Waals surface area contributed by atoms with Crippen LogP contribution in [0.2, 0.25) is 0 Å². The molecule has 0 atom stereocenters. The van der Waals surface area contributed by atoms with E-state index >= 15 is 0 Å². The van der Waals surface area contributed by atoms with Crippen LogP contribution in [0.4, 0.5) is 11.4 Å². The maximum atomic E-state index is 12.4. The topological polar surface area (TPSA) is 75.7 Å². The van der Waals surface area contributed by atoms with E-state index in [9.17, 15) is 14.4 Å². The minimum Gasteiger partial charge on any atom is -0.456 e. The number of benzene rings is 1. The van der Waals surface area contributed by atoms with Gasteiger partial charge in [-0.25, -0.2) is 0 Å². The summed E-state index contributed by atoms with van der Waals surface area (Å²) in [7, 11) is 0. The molecule has 0 unspecified atom stereocenters. The summed E-state index contributed by atoms with van der Waals surface area (Å²) in [4.78, 5) is 36.6. The summed E-state index contributed by atoms with van der Waals surface area (Å²) in [5, 5.41) is 2.68. The standard InChI is InChI=1S/C17H22N2O4/c1-11(2)17(22)19-8-4-5-13-6-7-14(9-15(13)19)18-16(21)10-23-12(3)20/h6-7,9,11H,4-5,8,10H2,1-3H3,(H,18,21). The fraction of sp³-hybridized carbons (Fsp3) is 0.471. The number of amides is 2. The molecule has 1 N–H and O–H groups in total. The number of carbonyl (C=O) groups is 3. The number of nitrogens with zero attached hydrogens (tertiary/aromatic N) is 1. The Morgan fingerprint density at radius 2 is 2.04 bits per heavy atom. The van der Waals surface area contributed by atoms with Crippen molar-refractivity contribution in [3.05, 3.63) is 23.8 Å². The van der Waals surface area contributed by atoms with Gasteiger partial charge in [0.05, 0.1) is 0 Å². The summed E-state index contributed by atoms with van der Waals surface area (Å²) < 4.78 is 4.66. The van der Waals surface area contributed by atoms with Gasteiger partial charge >= 0.3 is 5.97 Å². The van der Waals surface area contributed by atoms with E-state index < -0.39 is 11.9 Å². The number of carbonyl (C=O) groups excluding carboxylic acids is 3. The molecule has 0 fully saturated rings. The summed E-state index contributed by atoms with van der Waals surface area (Å²) in [5.41, 5.74) is 2.54. The molecule has 1 aliphatic heterocycles. The van der Waals surface area contributed by atoms with Crippen LogP contribution in [0, 0.1) is 5.92 Å². The molecule has 0 saturated heterocycles. The van der Waals surface area contributed by atoms with Crippen molar-refractivity contribution in [3.8, 4) is 0 Å². The molecule has 6 nitrogen and oxygen atoms in total. The van der Waals surface area contributed by atoms with Gasteiger partial charge in [0.25, 0.3) is 5.91 Å². The third-order valence-electron chi connectivity index (χ3n) is 3.65. The molecule has 124 valence electrons. The zero-order valence-corrected chi connectivity index (χ0v) is 13.7. The monoisotopic (exact) mass is 318 g/mol. The Hall–Kier alpha value is -2.37. The zero-order chi connectivity index (χ0) is 17.0. The lowest BCUT2D eigenvalue weighted by molar-refractivity contribution is -0.144. The van der Waals surface area contributed by atoms with Gasteiger partial charge in [-0.2, -0.15) is 0 Å². The molecule has 0 saturated carbocycles. The van der Waals surface area contributed by atoms with Crippen LogP contribution < -0.4 is 10.2 Å².